The topological polar surface area (TPSA) is 22.1 Å². The Hall–Kier alpha value is 0.0700. The first-order valence-corrected chi connectivity index (χ1v) is 5.72. The summed E-state index contributed by atoms with van der Waals surface area (Å²) in [7, 11) is 0. The smallest absolute Gasteiger partial charge is 0.117 e. The molecule has 1 aliphatic rings. The van der Waals surface area contributed by atoms with Crippen LogP contribution in [0.15, 0.2) is 9.98 Å². The van der Waals surface area contributed by atoms with Gasteiger partial charge in [-0.05, 0) is 28.8 Å². The van der Waals surface area contributed by atoms with Gasteiger partial charge in [-0.1, -0.05) is 0 Å². The Labute approximate surface area is 84.1 Å². The molecule has 1 aliphatic heterocycles. The zero-order chi connectivity index (χ0) is 8.39. The first-order chi connectivity index (χ1) is 5.86. The molecule has 0 aromatic carbocycles. The van der Waals surface area contributed by atoms with Crippen molar-refractivity contribution in [2.45, 2.75) is 18.8 Å². The van der Waals surface area contributed by atoms with Gasteiger partial charge in [0.15, 0.2) is 0 Å². The summed E-state index contributed by atoms with van der Waals surface area (Å²) < 4.78 is 6.26. The van der Waals surface area contributed by atoms with Crippen LogP contribution in [0.1, 0.15) is 23.8 Å². The van der Waals surface area contributed by atoms with Gasteiger partial charge in [0.25, 0.3) is 0 Å². The Kier molecular flexibility index (Phi) is 2.78. The van der Waals surface area contributed by atoms with Crippen LogP contribution < -0.4 is 0 Å². The van der Waals surface area contributed by atoms with Gasteiger partial charge in [-0.3, -0.25) is 0 Å². The van der Waals surface area contributed by atoms with Gasteiger partial charge in [0.05, 0.1) is 5.01 Å². The Bertz CT molecular complexity index is 257. The molecule has 1 aromatic heterocycles. The third-order valence-corrected chi connectivity index (χ3v) is 3.78. The maximum atomic E-state index is 5.29. The average molecular weight is 248 g/mol. The summed E-state index contributed by atoms with van der Waals surface area (Å²) in [6.07, 6.45) is 2.25. The number of thiazole rings is 1. The highest BCUT2D eigenvalue weighted by Gasteiger charge is 2.18. The molecular weight excluding hydrogens is 238 g/mol. The van der Waals surface area contributed by atoms with Crippen LogP contribution in [0.3, 0.4) is 0 Å². The molecular formula is C8H10BrNOS. The van der Waals surface area contributed by atoms with E-state index in [1.54, 1.807) is 11.3 Å². The Morgan fingerprint density at radius 3 is 2.83 bits per heavy atom. The summed E-state index contributed by atoms with van der Waals surface area (Å²) in [6.45, 7) is 1.78. The molecule has 1 aromatic rings. The van der Waals surface area contributed by atoms with Crippen molar-refractivity contribution in [3.63, 3.8) is 0 Å². The van der Waals surface area contributed by atoms with Crippen molar-refractivity contribution in [2.24, 2.45) is 0 Å². The van der Waals surface area contributed by atoms with Crippen molar-refractivity contribution >= 4 is 27.3 Å². The molecule has 1 fully saturated rings. The normalized spacial score (nSPS) is 19.8. The van der Waals surface area contributed by atoms with Crippen molar-refractivity contribution in [1.82, 2.24) is 4.98 Å². The molecule has 0 bridgehead atoms. The van der Waals surface area contributed by atoms with Gasteiger partial charge >= 0.3 is 0 Å². The molecule has 0 amide bonds. The minimum atomic E-state index is 0.634. The second kappa shape index (κ2) is 3.85. The van der Waals surface area contributed by atoms with Crippen LogP contribution in [0.25, 0.3) is 0 Å². The lowest BCUT2D eigenvalue weighted by Gasteiger charge is -2.19. The average Bonchev–Trinajstić information content (AvgIpc) is 2.54. The fourth-order valence-corrected chi connectivity index (χ4v) is 2.84. The number of rotatable bonds is 1. The van der Waals surface area contributed by atoms with Crippen molar-refractivity contribution in [3.8, 4) is 0 Å². The number of ether oxygens (including phenoxy) is 1. The second-order valence-corrected chi connectivity index (χ2v) is 4.60. The molecule has 0 spiro atoms. The predicted molar refractivity (Wildman–Crippen MR) is 52.6 cm³/mol. The highest BCUT2D eigenvalue weighted by atomic mass is 79.9. The molecule has 1 saturated heterocycles. The first kappa shape index (κ1) is 8.66. The quantitative estimate of drug-likeness (QED) is 0.762. The van der Waals surface area contributed by atoms with E-state index in [1.807, 2.05) is 5.38 Å². The largest absolute Gasteiger partial charge is 0.381 e. The van der Waals surface area contributed by atoms with Crippen molar-refractivity contribution in [1.29, 1.82) is 0 Å². The number of halogens is 1. The Morgan fingerprint density at radius 1 is 1.50 bits per heavy atom. The van der Waals surface area contributed by atoms with Crippen LogP contribution in [0, 0.1) is 0 Å². The molecule has 2 rings (SSSR count). The highest BCUT2D eigenvalue weighted by molar-refractivity contribution is 9.10. The highest BCUT2D eigenvalue weighted by Crippen LogP contribution is 2.30. The fraction of sp³-hybridized carbons (Fsp3) is 0.625. The molecule has 0 N–H and O–H groups in total. The maximum Gasteiger partial charge on any atom is 0.117 e. The van der Waals surface area contributed by atoms with E-state index in [0.29, 0.717) is 5.92 Å². The Balaban J connectivity index is 2.08. The summed E-state index contributed by atoms with van der Waals surface area (Å²) in [4.78, 5) is 4.41. The van der Waals surface area contributed by atoms with E-state index in [1.165, 1.54) is 5.01 Å². The van der Waals surface area contributed by atoms with Crippen LogP contribution >= 0.6 is 27.3 Å². The van der Waals surface area contributed by atoms with E-state index >= 15 is 0 Å². The van der Waals surface area contributed by atoms with E-state index in [4.69, 9.17) is 4.74 Å². The molecule has 2 nitrogen and oxygen atoms in total. The van der Waals surface area contributed by atoms with Crippen LogP contribution in [-0.2, 0) is 4.74 Å². The summed E-state index contributed by atoms with van der Waals surface area (Å²) in [5.41, 5.74) is 0. The van der Waals surface area contributed by atoms with Crippen molar-refractivity contribution in [3.05, 3.63) is 15.0 Å². The third kappa shape index (κ3) is 1.87. The van der Waals surface area contributed by atoms with Gasteiger partial charge in [0.1, 0.15) is 4.60 Å². The lowest BCUT2D eigenvalue weighted by Crippen LogP contribution is -2.13. The van der Waals surface area contributed by atoms with Gasteiger partial charge in [-0.25, -0.2) is 4.98 Å². The molecule has 12 heavy (non-hydrogen) atoms. The second-order valence-electron chi connectivity index (χ2n) is 2.90. The van der Waals surface area contributed by atoms with Gasteiger partial charge in [0, 0.05) is 24.5 Å². The zero-order valence-electron chi connectivity index (χ0n) is 6.62. The number of hydrogen-bond acceptors (Lipinski definition) is 3. The van der Waals surface area contributed by atoms with Crippen LogP contribution in [0.4, 0.5) is 0 Å². The lowest BCUT2D eigenvalue weighted by atomic mass is 10.0. The third-order valence-electron chi connectivity index (χ3n) is 2.06. The molecule has 0 atom stereocenters. The molecule has 66 valence electrons. The van der Waals surface area contributed by atoms with Crippen LogP contribution in [0.2, 0.25) is 0 Å². The summed E-state index contributed by atoms with van der Waals surface area (Å²) in [5.74, 6) is 0.634. The first-order valence-electron chi connectivity index (χ1n) is 4.05. The molecule has 0 aliphatic carbocycles. The van der Waals surface area contributed by atoms with Gasteiger partial charge in [-0.15, -0.1) is 11.3 Å². The SMILES string of the molecule is Brc1csc(C2CCOCC2)n1. The minimum absolute atomic E-state index is 0.634. The monoisotopic (exact) mass is 247 g/mol. The van der Waals surface area contributed by atoms with E-state index in [0.717, 1.165) is 30.7 Å². The van der Waals surface area contributed by atoms with Gasteiger partial charge in [0.2, 0.25) is 0 Å². The van der Waals surface area contributed by atoms with Crippen molar-refractivity contribution < 1.29 is 4.74 Å². The summed E-state index contributed by atoms with van der Waals surface area (Å²) in [6, 6.07) is 0. The molecule has 4 heteroatoms. The predicted octanol–water partition coefficient (Wildman–Crippen LogP) is 2.80. The molecule has 0 unspecified atom stereocenters. The number of aromatic nitrogens is 1. The number of hydrogen-bond donors (Lipinski definition) is 0. The van der Waals surface area contributed by atoms with Crippen LogP contribution in [-0.4, -0.2) is 18.2 Å². The lowest BCUT2D eigenvalue weighted by molar-refractivity contribution is 0.0852. The zero-order valence-corrected chi connectivity index (χ0v) is 9.03. The van der Waals surface area contributed by atoms with E-state index in [2.05, 4.69) is 20.9 Å². The van der Waals surface area contributed by atoms with E-state index in [-0.39, 0.29) is 0 Å². The maximum absolute atomic E-state index is 5.29. The number of nitrogens with zero attached hydrogens (tertiary/aromatic N) is 1. The minimum Gasteiger partial charge on any atom is -0.381 e. The molecule has 2 heterocycles. The standard InChI is InChI=1S/C8H10BrNOS/c9-7-5-12-8(10-7)6-1-3-11-4-2-6/h5-6H,1-4H2. The van der Waals surface area contributed by atoms with Gasteiger partial charge in [-0.2, -0.15) is 0 Å². The van der Waals surface area contributed by atoms with Crippen molar-refractivity contribution in [2.75, 3.05) is 13.2 Å². The van der Waals surface area contributed by atoms with E-state index < -0.39 is 0 Å². The molecule has 0 saturated carbocycles. The summed E-state index contributed by atoms with van der Waals surface area (Å²) in [5, 5.41) is 3.30. The van der Waals surface area contributed by atoms with E-state index in [9.17, 15) is 0 Å². The molecule has 0 radical (unpaired) electrons. The fourth-order valence-electron chi connectivity index (χ4n) is 1.40. The van der Waals surface area contributed by atoms with Crippen LogP contribution in [0.5, 0.6) is 0 Å². The summed E-state index contributed by atoms with van der Waals surface area (Å²) >= 11 is 5.11. The van der Waals surface area contributed by atoms with Gasteiger partial charge < -0.3 is 4.74 Å². The Morgan fingerprint density at radius 2 is 2.25 bits per heavy atom.